The van der Waals surface area contributed by atoms with Gasteiger partial charge in [0, 0.05) is 38.7 Å². The number of guanidine groups is 1. The summed E-state index contributed by atoms with van der Waals surface area (Å²) >= 11 is 1.83. The molecule has 0 amide bonds. The number of methoxy groups -OCH3 is 1. The van der Waals surface area contributed by atoms with Crippen LogP contribution in [0.3, 0.4) is 0 Å². The summed E-state index contributed by atoms with van der Waals surface area (Å²) in [5.74, 6) is 1.50. The van der Waals surface area contributed by atoms with E-state index in [4.69, 9.17) is 4.74 Å². The summed E-state index contributed by atoms with van der Waals surface area (Å²) in [4.78, 5) is 5.71. The molecule has 2 N–H and O–H groups in total. The lowest BCUT2D eigenvalue weighted by molar-refractivity contribution is 0.192. The van der Waals surface area contributed by atoms with Gasteiger partial charge < -0.3 is 15.4 Å². The molecule has 6 heteroatoms. The van der Waals surface area contributed by atoms with Crippen LogP contribution < -0.4 is 10.6 Å². The van der Waals surface area contributed by atoms with Crippen molar-refractivity contribution >= 4 is 41.3 Å². The van der Waals surface area contributed by atoms with Gasteiger partial charge in [-0.2, -0.15) is 0 Å². The average Bonchev–Trinajstić information content (AvgIpc) is 2.98. The molecule has 22 heavy (non-hydrogen) atoms. The first-order valence-electron chi connectivity index (χ1n) is 7.72. The summed E-state index contributed by atoms with van der Waals surface area (Å²) in [5.41, 5.74) is 0. The molecule has 0 aliphatic heterocycles. The first-order chi connectivity index (χ1) is 10.3. The molecular weight excluding hydrogens is 409 g/mol. The molecule has 0 aliphatic carbocycles. The van der Waals surface area contributed by atoms with E-state index >= 15 is 0 Å². The van der Waals surface area contributed by atoms with E-state index in [1.807, 2.05) is 18.4 Å². The van der Waals surface area contributed by atoms with Crippen molar-refractivity contribution in [2.75, 3.05) is 33.9 Å². The Morgan fingerprint density at radius 2 is 2.14 bits per heavy atom. The number of nitrogens with one attached hydrogen (secondary N) is 2. The van der Waals surface area contributed by atoms with Crippen LogP contribution in [0.1, 0.15) is 31.1 Å². The molecule has 1 unspecified atom stereocenters. The second kappa shape index (κ2) is 14.3. The molecule has 1 rings (SSSR count). The van der Waals surface area contributed by atoms with Crippen LogP contribution in [0.4, 0.5) is 0 Å². The fourth-order valence-electron chi connectivity index (χ4n) is 2.09. The second-order valence-corrected chi connectivity index (χ2v) is 6.35. The molecule has 1 aromatic rings. The van der Waals surface area contributed by atoms with Gasteiger partial charge >= 0.3 is 0 Å². The summed E-state index contributed by atoms with van der Waals surface area (Å²) in [6.07, 6.45) is 4.59. The number of hydrogen-bond donors (Lipinski definition) is 2. The standard InChI is InChI=1S/C16H29N3OS.HI/c1-14(12-15-8-7-11-21-15)13-19-16(17-2)18-9-5-4-6-10-20-3;/h7-8,11,14H,4-6,9-10,12-13H2,1-3H3,(H2,17,18,19);1H. The number of thiophene rings is 1. The van der Waals surface area contributed by atoms with Crippen molar-refractivity contribution in [2.24, 2.45) is 10.9 Å². The molecule has 0 saturated carbocycles. The molecule has 0 fully saturated rings. The Balaban J connectivity index is 0.00000441. The van der Waals surface area contributed by atoms with E-state index in [0.717, 1.165) is 44.9 Å². The zero-order valence-corrected chi connectivity index (χ0v) is 17.1. The fourth-order valence-corrected chi connectivity index (χ4v) is 2.96. The number of nitrogens with zero attached hydrogens (tertiary/aromatic N) is 1. The molecule has 0 aromatic carbocycles. The molecule has 1 aromatic heterocycles. The first kappa shape index (κ1) is 21.7. The third-order valence-corrected chi connectivity index (χ3v) is 4.19. The van der Waals surface area contributed by atoms with Gasteiger partial charge in [0.1, 0.15) is 0 Å². The molecule has 0 saturated heterocycles. The largest absolute Gasteiger partial charge is 0.385 e. The maximum atomic E-state index is 5.04. The smallest absolute Gasteiger partial charge is 0.190 e. The van der Waals surface area contributed by atoms with Gasteiger partial charge in [0.05, 0.1) is 0 Å². The predicted molar refractivity (Wildman–Crippen MR) is 108 cm³/mol. The van der Waals surface area contributed by atoms with E-state index in [1.54, 1.807) is 7.11 Å². The van der Waals surface area contributed by atoms with Crippen molar-refractivity contribution < 1.29 is 4.74 Å². The van der Waals surface area contributed by atoms with Gasteiger partial charge in [0.15, 0.2) is 5.96 Å². The molecule has 0 spiro atoms. The number of halogens is 1. The average molecular weight is 439 g/mol. The Morgan fingerprint density at radius 3 is 2.77 bits per heavy atom. The van der Waals surface area contributed by atoms with Crippen molar-refractivity contribution in [3.8, 4) is 0 Å². The topological polar surface area (TPSA) is 45.7 Å². The van der Waals surface area contributed by atoms with Gasteiger partial charge in [-0.1, -0.05) is 13.0 Å². The minimum absolute atomic E-state index is 0. The molecule has 0 radical (unpaired) electrons. The van der Waals surface area contributed by atoms with Gasteiger partial charge in [-0.25, -0.2) is 0 Å². The lowest BCUT2D eigenvalue weighted by atomic mass is 10.1. The maximum Gasteiger partial charge on any atom is 0.190 e. The minimum atomic E-state index is 0. The highest BCUT2D eigenvalue weighted by molar-refractivity contribution is 14.0. The second-order valence-electron chi connectivity index (χ2n) is 5.32. The molecule has 0 bridgehead atoms. The molecule has 1 heterocycles. The Kier molecular flexibility index (Phi) is 14.0. The van der Waals surface area contributed by atoms with Crippen LogP contribution in [0.5, 0.6) is 0 Å². The van der Waals surface area contributed by atoms with Crippen LogP contribution in [0.2, 0.25) is 0 Å². The van der Waals surface area contributed by atoms with E-state index in [9.17, 15) is 0 Å². The lowest BCUT2D eigenvalue weighted by Gasteiger charge is -2.15. The highest BCUT2D eigenvalue weighted by atomic mass is 127. The van der Waals surface area contributed by atoms with Crippen LogP contribution in [0.15, 0.2) is 22.5 Å². The monoisotopic (exact) mass is 439 g/mol. The summed E-state index contributed by atoms with van der Waals surface area (Å²) in [6, 6.07) is 4.32. The predicted octanol–water partition coefficient (Wildman–Crippen LogP) is 3.53. The number of ether oxygens (including phenoxy) is 1. The molecule has 1 atom stereocenters. The zero-order chi connectivity index (χ0) is 15.3. The minimum Gasteiger partial charge on any atom is -0.385 e. The Morgan fingerprint density at radius 1 is 1.32 bits per heavy atom. The number of rotatable bonds is 10. The van der Waals surface area contributed by atoms with Crippen LogP contribution in [0, 0.1) is 5.92 Å². The lowest BCUT2D eigenvalue weighted by Crippen LogP contribution is -2.40. The number of unbranched alkanes of at least 4 members (excludes halogenated alkanes) is 2. The Hall–Kier alpha value is -0.340. The fraction of sp³-hybridized carbons (Fsp3) is 0.688. The van der Waals surface area contributed by atoms with Crippen molar-refractivity contribution in [2.45, 2.75) is 32.6 Å². The van der Waals surface area contributed by atoms with E-state index in [2.05, 4.69) is 40.1 Å². The van der Waals surface area contributed by atoms with Crippen molar-refractivity contribution in [3.05, 3.63) is 22.4 Å². The van der Waals surface area contributed by atoms with Crippen LogP contribution in [0.25, 0.3) is 0 Å². The van der Waals surface area contributed by atoms with Crippen LogP contribution in [-0.4, -0.2) is 39.8 Å². The van der Waals surface area contributed by atoms with E-state index in [1.165, 1.54) is 11.3 Å². The maximum absolute atomic E-state index is 5.04. The van der Waals surface area contributed by atoms with E-state index in [0.29, 0.717) is 5.92 Å². The summed E-state index contributed by atoms with van der Waals surface area (Å²) < 4.78 is 5.04. The normalized spacial score (nSPS) is 12.6. The number of hydrogen-bond acceptors (Lipinski definition) is 3. The molecule has 128 valence electrons. The van der Waals surface area contributed by atoms with Crippen LogP contribution in [-0.2, 0) is 11.2 Å². The third kappa shape index (κ3) is 10.4. The van der Waals surface area contributed by atoms with Crippen molar-refractivity contribution in [3.63, 3.8) is 0 Å². The number of aliphatic imine (C=N–C) groups is 1. The SMILES string of the molecule is CN=C(NCCCCCOC)NCC(C)Cc1cccs1.I. The molecule has 0 aliphatic rings. The third-order valence-electron chi connectivity index (χ3n) is 3.29. The van der Waals surface area contributed by atoms with Gasteiger partial charge in [-0.05, 0) is 43.0 Å². The van der Waals surface area contributed by atoms with Crippen LogP contribution >= 0.6 is 35.3 Å². The van der Waals surface area contributed by atoms with E-state index in [-0.39, 0.29) is 24.0 Å². The summed E-state index contributed by atoms with van der Waals surface area (Å²) in [5, 5.41) is 8.90. The van der Waals surface area contributed by atoms with Gasteiger partial charge in [0.2, 0.25) is 0 Å². The van der Waals surface area contributed by atoms with Gasteiger partial charge in [0.25, 0.3) is 0 Å². The van der Waals surface area contributed by atoms with E-state index < -0.39 is 0 Å². The van der Waals surface area contributed by atoms with Gasteiger partial charge in [-0.3, -0.25) is 4.99 Å². The molecule has 4 nitrogen and oxygen atoms in total. The highest BCUT2D eigenvalue weighted by Gasteiger charge is 2.05. The first-order valence-corrected chi connectivity index (χ1v) is 8.60. The quantitative estimate of drug-likeness (QED) is 0.254. The van der Waals surface area contributed by atoms with Gasteiger partial charge in [-0.15, -0.1) is 35.3 Å². The Labute approximate surface area is 156 Å². The zero-order valence-electron chi connectivity index (χ0n) is 13.9. The summed E-state index contributed by atoms with van der Waals surface area (Å²) in [7, 11) is 3.57. The van der Waals surface area contributed by atoms with Crippen molar-refractivity contribution in [1.82, 2.24) is 10.6 Å². The summed E-state index contributed by atoms with van der Waals surface area (Å²) in [6.45, 7) is 5.03. The molecular formula is C16H30IN3OS. The van der Waals surface area contributed by atoms with Crippen molar-refractivity contribution in [1.29, 1.82) is 0 Å². The Bertz CT molecular complexity index is 385. The highest BCUT2D eigenvalue weighted by Crippen LogP contribution is 2.13.